The van der Waals surface area contributed by atoms with Crippen LogP contribution in [-0.4, -0.2) is 33.5 Å². The lowest BCUT2D eigenvalue weighted by atomic mass is 10.0. The second kappa shape index (κ2) is 4.93. The average Bonchev–Trinajstić information content (AvgIpc) is 2.40. The molecule has 1 aliphatic rings. The molecule has 0 bridgehead atoms. The first kappa shape index (κ1) is 12.8. The summed E-state index contributed by atoms with van der Waals surface area (Å²) in [5.74, 6) is 0.328. The van der Waals surface area contributed by atoms with Crippen molar-refractivity contribution >= 4 is 5.82 Å². The number of anilines is 1. The summed E-state index contributed by atoms with van der Waals surface area (Å²) >= 11 is 0. The van der Waals surface area contributed by atoms with Gasteiger partial charge in [-0.3, -0.25) is 9.36 Å². The summed E-state index contributed by atoms with van der Waals surface area (Å²) in [5.41, 5.74) is 4.98. The highest BCUT2D eigenvalue weighted by atomic mass is 16.2. The minimum Gasteiger partial charge on any atom is -0.346 e. The summed E-state index contributed by atoms with van der Waals surface area (Å²) in [4.78, 5) is 25.6. The van der Waals surface area contributed by atoms with E-state index in [1.54, 1.807) is 7.05 Å². The van der Waals surface area contributed by atoms with Crippen LogP contribution in [0.5, 0.6) is 0 Å². The second-order valence-electron chi connectivity index (χ2n) is 4.67. The molecule has 2 N–H and O–H groups in total. The molecular formula is C11H19N5O2. The minimum atomic E-state index is -0.412. The number of piperidine rings is 1. The zero-order valence-corrected chi connectivity index (χ0v) is 10.8. The monoisotopic (exact) mass is 253 g/mol. The maximum Gasteiger partial charge on any atom is 0.346 e. The van der Waals surface area contributed by atoms with Gasteiger partial charge in [-0.05, 0) is 19.3 Å². The van der Waals surface area contributed by atoms with Gasteiger partial charge in [0.05, 0.1) is 0 Å². The normalized spacial score (nSPS) is 20.2. The van der Waals surface area contributed by atoms with Crippen molar-refractivity contribution in [2.24, 2.45) is 19.8 Å². The smallest absolute Gasteiger partial charge is 0.346 e. The number of rotatable bonds is 2. The number of aryl methyl sites for hydroxylation is 1. The van der Waals surface area contributed by atoms with Gasteiger partial charge in [0, 0.05) is 33.2 Å². The molecule has 0 amide bonds. The summed E-state index contributed by atoms with van der Waals surface area (Å²) < 4.78 is 2.28. The Bertz CT molecular complexity index is 547. The zero-order chi connectivity index (χ0) is 13.3. The van der Waals surface area contributed by atoms with Crippen molar-refractivity contribution in [3.05, 3.63) is 20.8 Å². The van der Waals surface area contributed by atoms with Gasteiger partial charge in [0.2, 0.25) is 5.82 Å². The third-order valence-corrected chi connectivity index (χ3v) is 3.48. The molecule has 1 aromatic rings. The van der Waals surface area contributed by atoms with E-state index < -0.39 is 5.69 Å². The summed E-state index contributed by atoms with van der Waals surface area (Å²) in [6, 6.07) is 0.136. The Morgan fingerprint density at radius 2 is 2.06 bits per heavy atom. The van der Waals surface area contributed by atoms with Crippen molar-refractivity contribution in [1.82, 2.24) is 14.3 Å². The highest BCUT2D eigenvalue weighted by molar-refractivity contribution is 5.37. The minimum absolute atomic E-state index is 0.136. The van der Waals surface area contributed by atoms with E-state index in [0.29, 0.717) is 12.4 Å². The average molecular weight is 253 g/mol. The molecule has 0 radical (unpaired) electrons. The first-order chi connectivity index (χ1) is 8.56. The van der Waals surface area contributed by atoms with E-state index in [1.807, 2.05) is 4.90 Å². The molecule has 0 spiro atoms. The standard InChI is InChI=1S/C11H19N5O2/c1-14-10(17)9(13-15(2)11(14)18)16-6-4-3-5-8(16)7-12/h8H,3-7,12H2,1-2H3. The third kappa shape index (κ3) is 2.05. The maximum absolute atomic E-state index is 12.1. The highest BCUT2D eigenvalue weighted by Crippen LogP contribution is 2.19. The van der Waals surface area contributed by atoms with Crippen LogP contribution in [0.1, 0.15) is 19.3 Å². The molecule has 0 aromatic carbocycles. The lowest BCUT2D eigenvalue weighted by Gasteiger charge is -2.35. The highest BCUT2D eigenvalue weighted by Gasteiger charge is 2.25. The number of nitrogens with two attached hydrogens (primary N) is 1. The number of aromatic nitrogens is 3. The lowest BCUT2D eigenvalue weighted by Crippen LogP contribution is -2.50. The van der Waals surface area contributed by atoms with Crippen molar-refractivity contribution in [2.75, 3.05) is 18.0 Å². The Morgan fingerprint density at radius 3 is 2.72 bits per heavy atom. The largest absolute Gasteiger partial charge is 0.346 e. The summed E-state index contributed by atoms with van der Waals surface area (Å²) in [7, 11) is 3.02. The van der Waals surface area contributed by atoms with E-state index in [9.17, 15) is 9.59 Å². The Balaban J connectivity index is 2.50. The van der Waals surface area contributed by atoms with E-state index in [2.05, 4.69) is 5.10 Å². The molecular weight excluding hydrogens is 234 g/mol. The first-order valence-corrected chi connectivity index (χ1v) is 6.17. The van der Waals surface area contributed by atoms with Gasteiger partial charge < -0.3 is 10.6 Å². The molecule has 0 aliphatic carbocycles. The third-order valence-electron chi connectivity index (χ3n) is 3.48. The number of nitrogens with zero attached hydrogens (tertiary/aromatic N) is 4. The summed E-state index contributed by atoms with van der Waals surface area (Å²) in [6.45, 7) is 1.26. The van der Waals surface area contributed by atoms with E-state index in [4.69, 9.17) is 5.73 Å². The first-order valence-electron chi connectivity index (χ1n) is 6.17. The Kier molecular flexibility index (Phi) is 3.51. The zero-order valence-electron chi connectivity index (χ0n) is 10.8. The van der Waals surface area contributed by atoms with Gasteiger partial charge in [0.15, 0.2) is 0 Å². The lowest BCUT2D eigenvalue weighted by molar-refractivity contribution is 0.451. The van der Waals surface area contributed by atoms with Crippen molar-refractivity contribution in [1.29, 1.82) is 0 Å². The van der Waals surface area contributed by atoms with Crippen LogP contribution in [0.3, 0.4) is 0 Å². The van der Waals surface area contributed by atoms with Crippen molar-refractivity contribution in [2.45, 2.75) is 25.3 Å². The fourth-order valence-corrected chi connectivity index (χ4v) is 2.39. The van der Waals surface area contributed by atoms with Gasteiger partial charge in [0.25, 0.3) is 5.56 Å². The Labute approximate surface area is 105 Å². The summed E-state index contributed by atoms with van der Waals surface area (Å²) in [5, 5.41) is 4.10. The SMILES string of the molecule is Cn1nc(N2CCCCC2CN)c(=O)n(C)c1=O. The van der Waals surface area contributed by atoms with Gasteiger partial charge in [-0.25, -0.2) is 9.48 Å². The van der Waals surface area contributed by atoms with Crippen LogP contribution in [0.25, 0.3) is 0 Å². The quantitative estimate of drug-likeness (QED) is 0.715. The molecule has 1 aromatic heterocycles. The van der Waals surface area contributed by atoms with E-state index in [0.717, 1.165) is 30.4 Å². The maximum atomic E-state index is 12.1. The van der Waals surface area contributed by atoms with Crippen LogP contribution >= 0.6 is 0 Å². The van der Waals surface area contributed by atoms with Gasteiger partial charge in [-0.15, -0.1) is 5.10 Å². The topological polar surface area (TPSA) is 86.2 Å². The molecule has 2 heterocycles. The Morgan fingerprint density at radius 1 is 1.33 bits per heavy atom. The number of hydrogen-bond donors (Lipinski definition) is 1. The molecule has 100 valence electrons. The van der Waals surface area contributed by atoms with Crippen LogP contribution in [0.4, 0.5) is 5.82 Å². The molecule has 7 nitrogen and oxygen atoms in total. The molecule has 0 saturated carbocycles. The molecule has 1 aliphatic heterocycles. The molecule has 1 saturated heterocycles. The van der Waals surface area contributed by atoms with Gasteiger partial charge in [-0.2, -0.15) is 0 Å². The van der Waals surface area contributed by atoms with Gasteiger partial charge in [0.1, 0.15) is 0 Å². The predicted molar refractivity (Wildman–Crippen MR) is 68.8 cm³/mol. The fraction of sp³-hybridized carbons (Fsp3) is 0.727. The van der Waals surface area contributed by atoms with Gasteiger partial charge in [-0.1, -0.05) is 0 Å². The molecule has 7 heteroatoms. The Hall–Kier alpha value is -1.63. The van der Waals surface area contributed by atoms with Crippen LogP contribution < -0.4 is 21.9 Å². The molecule has 2 rings (SSSR count). The van der Waals surface area contributed by atoms with E-state index >= 15 is 0 Å². The molecule has 18 heavy (non-hydrogen) atoms. The molecule has 1 unspecified atom stereocenters. The van der Waals surface area contributed by atoms with E-state index in [-0.39, 0.29) is 11.6 Å². The second-order valence-corrected chi connectivity index (χ2v) is 4.67. The van der Waals surface area contributed by atoms with Crippen LogP contribution in [0.15, 0.2) is 9.59 Å². The van der Waals surface area contributed by atoms with E-state index in [1.165, 1.54) is 11.7 Å². The summed E-state index contributed by atoms with van der Waals surface area (Å²) in [6.07, 6.45) is 3.10. The van der Waals surface area contributed by atoms with Gasteiger partial charge >= 0.3 is 5.69 Å². The molecule has 1 fully saturated rings. The van der Waals surface area contributed by atoms with Crippen molar-refractivity contribution in [3.8, 4) is 0 Å². The van der Waals surface area contributed by atoms with Crippen molar-refractivity contribution in [3.63, 3.8) is 0 Å². The van der Waals surface area contributed by atoms with Crippen LogP contribution in [0.2, 0.25) is 0 Å². The van der Waals surface area contributed by atoms with Crippen molar-refractivity contribution < 1.29 is 0 Å². The molecule has 1 atom stereocenters. The van der Waals surface area contributed by atoms with Crippen LogP contribution in [-0.2, 0) is 14.1 Å². The fourth-order valence-electron chi connectivity index (χ4n) is 2.39. The predicted octanol–water partition coefficient (Wildman–Crippen LogP) is -1.20. The van der Waals surface area contributed by atoms with Crippen LogP contribution in [0, 0.1) is 0 Å². The number of hydrogen-bond acceptors (Lipinski definition) is 5.